The summed E-state index contributed by atoms with van der Waals surface area (Å²) in [6.45, 7) is 0. The van der Waals surface area contributed by atoms with Crippen molar-refractivity contribution >= 4 is 15.9 Å². The molecule has 0 saturated heterocycles. The third kappa shape index (κ3) is 2.84. The second-order valence-electron chi connectivity index (χ2n) is 4.48. The number of nitrogens with one attached hydrogen (secondary N) is 1. The molecule has 0 fully saturated rings. The number of benzene rings is 2. The van der Waals surface area contributed by atoms with Crippen LogP contribution in [0.25, 0.3) is 11.3 Å². The molecule has 0 amide bonds. The summed E-state index contributed by atoms with van der Waals surface area (Å²) in [6, 6.07) is 15.7. The van der Waals surface area contributed by atoms with Crippen molar-refractivity contribution in [1.29, 1.82) is 0 Å². The van der Waals surface area contributed by atoms with Gasteiger partial charge in [-0.05, 0) is 12.1 Å². The maximum Gasteiger partial charge on any atom is 0.267 e. The molecule has 0 bridgehead atoms. The summed E-state index contributed by atoms with van der Waals surface area (Å²) in [4.78, 5) is -0.451. The van der Waals surface area contributed by atoms with E-state index in [0.717, 1.165) is 11.6 Å². The maximum atomic E-state index is 13.6. The van der Waals surface area contributed by atoms with Gasteiger partial charge in [-0.25, -0.2) is 17.5 Å². The van der Waals surface area contributed by atoms with Crippen LogP contribution in [0.4, 0.5) is 10.3 Å². The highest BCUT2D eigenvalue weighted by atomic mass is 32.2. The molecule has 0 atom stereocenters. The van der Waals surface area contributed by atoms with Crippen LogP contribution in [0.15, 0.2) is 70.1 Å². The monoisotopic (exact) mass is 318 g/mol. The predicted octanol–water partition coefficient (Wildman–Crippen LogP) is 3.28. The molecule has 3 aromatic rings. The lowest BCUT2D eigenvalue weighted by Crippen LogP contribution is -2.13. The Morgan fingerprint density at radius 2 is 1.68 bits per heavy atom. The fourth-order valence-electron chi connectivity index (χ4n) is 1.92. The highest BCUT2D eigenvalue weighted by Gasteiger charge is 2.20. The van der Waals surface area contributed by atoms with Gasteiger partial charge in [-0.15, -0.1) is 0 Å². The number of anilines is 1. The molecule has 0 unspecified atom stereocenters. The van der Waals surface area contributed by atoms with E-state index >= 15 is 0 Å². The van der Waals surface area contributed by atoms with Crippen LogP contribution in [0.3, 0.4) is 0 Å². The Kier molecular flexibility index (Phi) is 3.64. The Morgan fingerprint density at radius 3 is 2.41 bits per heavy atom. The first-order valence-electron chi connectivity index (χ1n) is 6.36. The summed E-state index contributed by atoms with van der Waals surface area (Å²) in [6.07, 6.45) is 0. The SMILES string of the molecule is O=S(=O)(Nc1cc(-c2ccccc2)no1)c1ccccc1F. The lowest BCUT2D eigenvalue weighted by Gasteiger charge is -2.04. The molecule has 3 rings (SSSR count). The number of hydrogen-bond donors (Lipinski definition) is 1. The fraction of sp³-hybridized carbons (Fsp3) is 0. The van der Waals surface area contributed by atoms with Crippen molar-refractivity contribution in [3.63, 3.8) is 0 Å². The van der Waals surface area contributed by atoms with E-state index in [1.54, 1.807) is 0 Å². The molecule has 0 aliphatic carbocycles. The lowest BCUT2D eigenvalue weighted by atomic mass is 10.2. The summed E-state index contributed by atoms with van der Waals surface area (Å²) < 4.78 is 45.0. The van der Waals surface area contributed by atoms with Gasteiger partial charge in [0.2, 0.25) is 5.88 Å². The van der Waals surface area contributed by atoms with Gasteiger partial charge in [-0.1, -0.05) is 47.6 Å². The molecule has 22 heavy (non-hydrogen) atoms. The molecule has 7 heteroatoms. The molecule has 2 aromatic carbocycles. The van der Waals surface area contributed by atoms with Gasteiger partial charge in [0.1, 0.15) is 16.4 Å². The summed E-state index contributed by atoms with van der Waals surface area (Å²) in [7, 11) is -4.07. The van der Waals surface area contributed by atoms with Crippen molar-refractivity contribution in [3.05, 3.63) is 66.5 Å². The summed E-state index contributed by atoms with van der Waals surface area (Å²) in [5.41, 5.74) is 1.26. The molecule has 5 nitrogen and oxygen atoms in total. The Labute approximate surface area is 126 Å². The Bertz CT molecular complexity index is 892. The summed E-state index contributed by atoms with van der Waals surface area (Å²) in [5.74, 6) is -0.917. The van der Waals surface area contributed by atoms with E-state index in [0.29, 0.717) is 5.69 Å². The van der Waals surface area contributed by atoms with Gasteiger partial charge in [0, 0.05) is 11.6 Å². The first-order valence-corrected chi connectivity index (χ1v) is 7.84. The van der Waals surface area contributed by atoms with Crippen LogP contribution in [0, 0.1) is 5.82 Å². The van der Waals surface area contributed by atoms with Crippen LogP contribution >= 0.6 is 0 Å². The Balaban J connectivity index is 1.88. The third-order valence-electron chi connectivity index (χ3n) is 2.94. The number of aromatic nitrogens is 1. The highest BCUT2D eigenvalue weighted by molar-refractivity contribution is 7.92. The number of halogens is 1. The highest BCUT2D eigenvalue weighted by Crippen LogP contribution is 2.24. The molecule has 1 N–H and O–H groups in total. The minimum Gasteiger partial charge on any atom is -0.337 e. The number of nitrogens with zero attached hydrogens (tertiary/aromatic N) is 1. The van der Waals surface area contributed by atoms with E-state index in [2.05, 4.69) is 9.88 Å². The van der Waals surface area contributed by atoms with Crippen molar-refractivity contribution < 1.29 is 17.3 Å². The van der Waals surface area contributed by atoms with Crippen LogP contribution in [-0.2, 0) is 10.0 Å². The molecular formula is C15H11FN2O3S. The van der Waals surface area contributed by atoms with Crippen LogP contribution in [0.1, 0.15) is 0 Å². The van der Waals surface area contributed by atoms with Crippen LogP contribution in [-0.4, -0.2) is 13.6 Å². The Hall–Kier alpha value is -2.67. The van der Waals surface area contributed by atoms with Crippen molar-refractivity contribution in [3.8, 4) is 11.3 Å². The first kappa shape index (κ1) is 14.3. The topological polar surface area (TPSA) is 72.2 Å². The second kappa shape index (κ2) is 5.61. The van der Waals surface area contributed by atoms with Gasteiger partial charge in [0.15, 0.2) is 0 Å². The van der Waals surface area contributed by atoms with E-state index in [-0.39, 0.29) is 5.88 Å². The molecule has 0 spiro atoms. The Morgan fingerprint density at radius 1 is 1.00 bits per heavy atom. The third-order valence-corrected chi connectivity index (χ3v) is 4.32. The van der Waals surface area contributed by atoms with Crippen molar-refractivity contribution in [2.24, 2.45) is 0 Å². The second-order valence-corrected chi connectivity index (χ2v) is 6.13. The zero-order valence-corrected chi connectivity index (χ0v) is 12.0. The molecule has 112 valence electrons. The molecule has 0 aliphatic heterocycles. The average molecular weight is 318 g/mol. The summed E-state index contributed by atoms with van der Waals surface area (Å²) >= 11 is 0. The van der Waals surface area contributed by atoms with Crippen LogP contribution in [0.2, 0.25) is 0 Å². The van der Waals surface area contributed by atoms with Crippen LogP contribution < -0.4 is 4.72 Å². The van der Waals surface area contributed by atoms with Gasteiger partial charge >= 0.3 is 0 Å². The van der Waals surface area contributed by atoms with E-state index in [9.17, 15) is 12.8 Å². The molecule has 1 heterocycles. The molecular weight excluding hydrogens is 307 g/mol. The predicted molar refractivity (Wildman–Crippen MR) is 79.1 cm³/mol. The number of hydrogen-bond acceptors (Lipinski definition) is 4. The largest absolute Gasteiger partial charge is 0.337 e. The van der Waals surface area contributed by atoms with Gasteiger partial charge in [0.25, 0.3) is 10.0 Å². The molecule has 0 saturated carbocycles. The van der Waals surface area contributed by atoms with E-state index < -0.39 is 20.7 Å². The van der Waals surface area contributed by atoms with Crippen molar-refractivity contribution in [1.82, 2.24) is 5.16 Å². The van der Waals surface area contributed by atoms with Gasteiger partial charge in [-0.2, -0.15) is 0 Å². The minimum absolute atomic E-state index is 0.0814. The minimum atomic E-state index is -4.07. The van der Waals surface area contributed by atoms with Crippen molar-refractivity contribution in [2.75, 3.05) is 4.72 Å². The van der Waals surface area contributed by atoms with Gasteiger partial charge in [-0.3, -0.25) is 0 Å². The smallest absolute Gasteiger partial charge is 0.267 e. The van der Waals surface area contributed by atoms with E-state index in [4.69, 9.17) is 4.52 Å². The van der Waals surface area contributed by atoms with E-state index in [1.807, 2.05) is 30.3 Å². The average Bonchev–Trinajstić information content (AvgIpc) is 2.96. The van der Waals surface area contributed by atoms with Gasteiger partial charge in [0.05, 0.1) is 0 Å². The lowest BCUT2D eigenvalue weighted by molar-refractivity contribution is 0.438. The normalized spacial score (nSPS) is 11.3. The molecule has 0 radical (unpaired) electrons. The standard InChI is InChI=1S/C15H11FN2O3S/c16-12-8-4-5-9-14(12)22(19,20)18-15-10-13(17-21-15)11-6-2-1-3-7-11/h1-10,18H. The quantitative estimate of drug-likeness (QED) is 0.801. The zero-order valence-electron chi connectivity index (χ0n) is 11.2. The van der Waals surface area contributed by atoms with Gasteiger partial charge < -0.3 is 4.52 Å². The maximum absolute atomic E-state index is 13.6. The number of sulfonamides is 1. The number of rotatable bonds is 4. The zero-order chi connectivity index (χ0) is 15.6. The molecule has 1 aromatic heterocycles. The first-order chi connectivity index (χ1) is 10.6. The molecule has 0 aliphatic rings. The van der Waals surface area contributed by atoms with E-state index in [1.165, 1.54) is 24.3 Å². The van der Waals surface area contributed by atoms with Crippen LogP contribution in [0.5, 0.6) is 0 Å². The van der Waals surface area contributed by atoms with Crippen molar-refractivity contribution in [2.45, 2.75) is 4.90 Å². The summed E-state index contributed by atoms with van der Waals surface area (Å²) in [5, 5.41) is 3.79. The fourth-order valence-corrected chi connectivity index (χ4v) is 2.97.